The topological polar surface area (TPSA) is 27.8 Å². The monoisotopic (exact) mass is 266 g/mol. The van der Waals surface area contributed by atoms with E-state index in [1.807, 2.05) is 0 Å². The van der Waals surface area contributed by atoms with Gasteiger partial charge in [0.05, 0.1) is 0 Å². The average molecular weight is 266 g/mol. The fourth-order valence-corrected chi connectivity index (χ4v) is 2.97. The molecule has 0 aliphatic rings. The summed E-state index contributed by atoms with van der Waals surface area (Å²) >= 11 is 0. The lowest BCUT2D eigenvalue weighted by atomic mass is 9.99. The van der Waals surface area contributed by atoms with Gasteiger partial charge in [-0.3, -0.25) is 0 Å². The lowest BCUT2D eigenvalue weighted by Gasteiger charge is -2.16. The van der Waals surface area contributed by atoms with Crippen molar-refractivity contribution in [3.8, 4) is 0 Å². The zero-order valence-corrected chi connectivity index (χ0v) is 12.2. The molecule has 0 radical (unpaired) electrons. The highest BCUT2D eigenvalue weighted by Crippen LogP contribution is 2.29. The van der Waals surface area contributed by atoms with E-state index in [9.17, 15) is 0 Å². The van der Waals surface area contributed by atoms with E-state index < -0.39 is 0 Å². The van der Waals surface area contributed by atoms with Crippen molar-refractivity contribution in [2.24, 2.45) is 0 Å². The summed E-state index contributed by atoms with van der Waals surface area (Å²) in [6, 6.07) is 15.8. The lowest BCUT2D eigenvalue weighted by molar-refractivity contribution is 0.523. The highest BCUT2D eigenvalue weighted by molar-refractivity contribution is 6.07. The van der Waals surface area contributed by atoms with Gasteiger partial charge in [0.25, 0.3) is 0 Å². The van der Waals surface area contributed by atoms with Crippen molar-refractivity contribution in [3.63, 3.8) is 0 Å². The van der Waals surface area contributed by atoms with Crippen LogP contribution in [0.1, 0.15) is 37.8 Å². The fraction of sp³-hybridized carbons (Fsp3) is 0.333. The maximum Gasteiger partial charge on any atom is 0.0465 e. The van der Waals surface area contributed by atoms with Crippen molar-refractivity contribution in [2.75, 3.05) is 7.05 Å². The molecule has 0 fully saturated rings. The zero-order chi connectivity index (χ0) is 13.9. The van der Waals surface area contributed by atoms with Gasteiger partial charge in [-0.05, 0) is 37.2 Å². The summed E-state index contributed by atoms with van der Waals surface area (Å²) in [6.07, 6.45) is 3.70. The van der Waals surface area contributed by atoms with Crippen LogP contribution in [-0.4, -0.2) is 12.0 Å². The van der Waals surface area contributed by atoms with Crippen molar-refractivity contribution in [2.45, 2.75) is 32.2 Å². The Hall–Kier alpha value is -1.80. The van der Waals surface area contributed by atoms with Gasteiger partial charge in [-0.1, -0.05) is 44.0 Å². The van der Waals surface area contributed by atoms with Crippen LogP contribution in [0.4, 0.5) is 0 Å². The summed E-state index contributed by atoms with van der Waals surface area (Å²) in [6.45, 7) is 2.25. The Labute approximate surface area is 120 Å². The third-order valence-electron chi connectivity index (χ3n) is 4.13. The number of benzene rings is 2. The Kier molecular flexibility index (Phi) is 3.75. The van der Waals surface area contributed by atoms with Crippen molar-refractivity contribution in [1.29, 1.82) is 0 Å². The van der Waals surface area contributed by atoms with Crippen LogP contribution >= 0.6 is 0 Å². The molecular weight excluding hydrogens is 244 g/mol. The summed E-state index contributed by atoms with van der Waals surface area (Å²) in [5.74, 6) is 0. The van der Waals surface area contributed by atoms with Gasteiger partial charge in [-0.25, -0.2) is 0 Å². The van der Waals surface area contributed by atoms with E-state index in [1.165, 1.54) is 46.6 Å². The molecule has 0 amide bonds. The molecule has 20 heavy (non-hydrogen) atoms. The third-order valence-corrected chi connectivity index (χ3v) is 4.13. The quantitative estimate of drug-likeness (QED) is 0.684. The van der Waals surface area contributed by atoms with Gasteiger partial charge >= 0.3 is 0 Å². The van der Waals surface area contributed by atoms with Crippen LogP contribution in [0.2, 0.25) is 0 Å². The first-order chi connectivity index (χ1) is 9.83. The minimum absolute atomic E-state index is 0.452. The van der Waals surface area contributed by atoms with Crippen LogP contribution in [0.3, 0.4) is 0 Å². The molecule has 0 spiro atoms. The highest BCUT2D eigenvalue weighted by atomic mass is 14.9. The number of aromatic amines is 1. The number of fused-ring (bicyclic) bond motifs is 3. The van der Waals surface area contributed by atoms with Gasteiger partial charge in [0.1, 0.15) is 0 Å². The summed E-state index contributed by atoms with van der Waals surface area (Å²) in [5.41, 5.74) is 3.83. The summed E-state index contributed by atoms with van der Waals surface area (Å²) in [5, 5.41) is 6.09. The Morgan fingerprint density at radius 1 is 1.05 bits per heavy atom. The van der Waals surface area contributed by atoms with Crippen molar-refractivity contribution >= 4 is 21.8 Å². The largest absolute Gasteiger partial charge is 0.355 e. The van der Waals surface area contributed by atoms with Crippen LogP contribution in [-0.2, 0) is 0 Å². The number of hydrogen-bond acceptors (Lipinski definition) is 1. The molecule has 2 heteroatoms. The standard InChI is InChI=1S/C18H22N2/c1-3-4-8-16(19-2)13-10-11-18-15(12-13)14-7-5-6-9-17(14)20-18/h5-7,9-12,16,19-20H,3-4,8H2,1-2H3. The summed E-state index contributed by atoms with van der Waals surface area (Å²) in [7, 11) is 2.06. The van der Waals surface area contributed by atoms with E-state index in [1.54, 1.807) is 0 Å². The van der Waals surface area contributed by atoms with Crippen LogP contribution in [0.15, 0.2) is 42.5 Å². The van der Waals surface area contributed by atoms with Gasteiger partial charge in [0.2, 0.25) is 0 Å². The van der Waals surface area contributed by atoms with Gasteiger partial charge in [-0.15, -0.1) is 0 Å². The Balaban J connectivity index is 2.06. The molecule has 104 valence electrons. The molecule has 0 saturated heterocycles. The zero-order valence-electron chi connectivity index (χ0n) is 12.2. The van der Waals surface area contributed by atoms with E-state index in [2.05, 4.69) is 66.7 Å². The van der Waals surface area contributed by atoms with Gasteiger partial charge in [-0.2, -0.15) is 0 Å². The second kappa shape index (κ2) is 5.68. The maximum absolute atomic E-state index is 3.48. The summed E-state index contributed by atoms with van der Waals surface area (Å²) < 4.78 is 0. The number of unbranched alkanes of at least 4 members (excludes halogenated alkanes) is 1. The Morgan fingerprint density at radius 3 is 2.65 bits per heavy atom. The molecule has 0 bridgehead atoms. The maximum atomic E-state index is 3.48. The lowest BCUT2D eigenvalue weighted by Crippen LogP contribution is -2.16. The smallest absolute Gasteiger partial charge is 0.0465 e. The van der Waals surface area contributed by atoms with Gasteiger partial charge in [0.15, 0.2) is 0 Å². The fourth-order valence-electron chi connectivity index (χ4n) is 2.97. The van der Waals surface area contributed by atoms with Crippen LogP contribution in [0.5, 0.6) is 0 Å². The highest BCUT2D eigenvalue weighted by Gasteiger charge is 2.11. The van der Waals surface area contributed by atoms with Crippen molar-refractivity contribution in [3.05, 3.63) is 48.0 Å². The Morgan fingerprint density at radius 2 is 1.85 bits per heavy atom. The molecule has 3 rings (SSSR count). The molecule has 1 atom stereocenters. The average Bonchev–Trinajstić information content (AvgIpc) is 2.86. The minimum Gasteiger partial charge on any atom is -0.355 e. The van der Waals surface area contributed by atoms with Gasteiger partial charge < -0.3 is 10.3 Å². The van der Waals surface area contributed by atoms with E-state index in [4.69, 9.17) is 0 Å². The third kappa shape index (κ3) is 2.32. The van der Waals surface area contributed by atoms with E-state index >= 15 is 0 Å². The SMILES string of the molecule is CCCCC(NC)c1ccc2[nH]c3ccccc3c2c1. The molecule has 1 aromatic heterocycles. The number of hydrogen-bond donors (Lipinski definition) is 2. The van der Waals surface area contributed by atoms with E-state index in [-0.39, 0.29) is 0 Å². The molecule has 2 N–H and O–H groups in total. The second-order valence-electron chi connectivity index (χ2n) is 5.46. The summed E-state index contributed by atoms with van der Waals surface area (Å²) in [4.78, 5) is 3.48. The predicted molar refractivity (Wildman–Crippen MR) is 87.1 cm³/mol. The molecule has 0 saturated carbocycles. The molecule has 2 aromatic carbocycles. The number of nitrogens with one attached hydrogen (secondary N) is 2. The van der Waals surface area contributed by atoms with Crippen LogP contribution < -0.4 is 5.32 Å². The molecule has 0 aliphatic heterocycles. The Bertz CT molecular complexity index is 712. The van der Waals surface area contributed by atoms with E-state index in [0.717, 1.165) is 0 Å². The number of para-hydroxylation sites is 1. The molecule has 3 aromatic rings. The first-order valence-electron chi connectivity index (χ1n) is 7.51. The number of aromatic nitrogens is 1. The van der Waals surface area contributed by atoms with Crippen LogP contribution in [0, 0.1) is 0 Å². The second-order valence-corrected chi connectivity index (χ2v) is 5.46. The van der Waals surface area contributed by atoms with E-state index in [0.29, 0.717) is 6.04 Å². The molecule has 0 aliphatic carbocycles. The molecule has 1 heterocycles. The van der Waals surface area contributed by atoms with Gasteiger partial charge in [0, 0.05) is 27.8 Å². The first kappa shape index (κ1) is 13.2. The number of H-pyrrole nitrogens is 1. The molecule has 1 unspecified atom stereocenters. The minimum atomic E-state index is 0.452. The normalized spacial score (nSPS) is 13.1. The molecule has 2 nitrogen and oxygen atoms in total. The molecular formula is C18H22N2. The predicted octanol–water partition coefficient (Wildman–Crippen LogP) is 4.77. The van der Waals surface area contributed by atoms with Crippen molar-refractivity contribution in [1.82, 2.24) is 10.3 Å². The van der Waals surface area contributed by atoms with Crippen LogP contribution in [0.25, 0.3) is 21.8 Å². The first-order valence-corrected chi connectivity index (χ1v) is 7.51. The van der Waals surface area contributed by atoms with Crippen molar-refractivity contribution < 1.29 is 0 Å². The number of rotatable bonds is 5.